The molecule has 1 saturated heterocycles. The number of nitrogens with zero attached hydrogens (tertiary/aromatic N) is 1. The topological polar surface area (TPSA) is 20.3 Å². The number of hydrogen-bond donors (Lipinski definition) is 0. The Morgan fingerprint density at radius 2 is 1.88 bits per heavy atom. The molecule has 86 valence electrons. The van der Waals surface area contributed by atoms with Crippen LogP contribution in [0.3, 0.4) is 0 Å². The zero-order valence-corrected chi connectivity index (χ0v) is 11.9. The Morgan fingerprint density at radius 3 is 2.50 bits per heavy atom. The van der Waals surface area contributed by atoms with Crippen LogP contribution in [0.4, 0.5) is 0 Å². The lowest BCUT2D eigenvalue weighted by Crippen LogP contribution is -2.28. The lowest BCUT2D eigenvalue weighted by molar-refractivity contribution is 0.0791. The molecule has 16 heavy (non-hydrogen) atoms. The van der Waals surface area contributed by atoms with Crippen molar-refractivity contribution in [3.8, 4) is 0 Å². The second-order valence-electron chi connectivity index (χ2n) is 4.44. The number of halogens is 1. The third-order valence-electron chi connectivity index (χ3n) is 3.02. The minimum Gasteiger partial charge on any atom is -0.339 e. The van der Waals surface area contributed by atoms with E-state index in [-0.39, 0.29) is 5.91 Å². The number of hydrogen-bond acceptors (Lipinski definition) is 1. The van der Waals surface area contributed by atoms with Crippen molar-refractivity contribution in [2.24, 2.45) is 0 Å². The third-order valence-corrected chi connectivity index (χ3v) is 4.45. The maximum absolute atomic E-state index is 12.3. The Bertz CT molecular complexity index is 422. The highest BCUT2D eigenvalue weighted by molar-refractivity contribution is 14.1. The molecule has 2 rings (SSSR count). The Hall–Kier alpha value is -0.580. The fourth-order valence-corrected chi connectivity index (χ4v) is 2.74. The zero-order chi connectivity index (χ0) is 11.7. The molecule has 2 nitrogen and oxygen atoms in total. The third kappa shape index (κ3) is 2.24. The Balaban J connectivity index is 2.35. The summed E-state index contributed by atoms with van der Waals surface area (Å²) < 4.78 is 1.10. The van der Waals surface area contributed by atoms with E-state index in [0.717, 1.165) is 35.1 Å². The van der Waals surface area contributed by atoms with Gasteiger partial charge >= 0.3 is 0 Å². The summed E-state index contributed by atoms with van der Waals surface area (Å²) in [4.78, 5) is 14.3. The first-order chi connectivity index (χ1) is 7.59. The van der Waals surface area contributed by atoms with Crippen LogP contribution in [-0.4, -0.2) is 23.9 Å². The monoisotopic (exact) mass is 329 g/mol. The van der Waals surface area contributed by atoms with E-state index >= 15 is 0 Å². The molecule has 0 aliphatic carbocycles. The van der Waals surface area contributed by atoms with Crippen LogP contribution in [0, 0.1) is 17.4 Å². The summed E-state index contributed by atoms with van der Waals surface area (Å²) in [6, 6.07) is 4.14. The van der Waals surface area contributed by atoms with E-state index in [2.05, 4.69) is 35.6 Å². The summed E-state index contributed by atoms with van der Waals surface area (Å²) >= 11 is 2.28. The smallest absolute Gasteiger partial charge is 0.254 e. The van der Waals surface area contributed by atoms with Crippen LogP contribution in [0.2, 0.25) is 0 Å². The van der Waals surface area contributed by atoms with E-state index < -0.39 is 0 Å². The summed E-state index contributed by atoms with van der Waals surface area (Å²) in [7, 11) is 0. The van der Waals surface area contributed by atoms with Crippen molar-refractivity contribution in [1.29, 1.82) is 0 Å². The second kappa shape index (κ2) is 4.73. The van der Waals surface area contributed by atoms with E-state index in [1.54, 1.807) is 0 Å². The van der Waals surface area contributed by atoms with Gasteiger partial charge in [0.05, 0.1) is 5.56 Å². The van der Waals surface area contributed by atoms with Crippen LogP contribution in [-0.2, 0) is 0 Å². The van der Waals surface area contributed by atoms with E-state index in [0.29, 0.717) is 0 Å². The number of likely N-dealkylation sites (tertiary alicyclic amines) is 1. The van der Waals surface area contributed by atoms with Crippen molar-refractivity contribution in [1.82, 2.24) is 4.90 Å². The summed E-state index contributed by atoms with van der Waals surface area (Å²) in [6.07, 6.45) is 2.29. The molecule has 0 saturated carbocycles. The SMILES string of the molecule is Cc1cc(C)c(I)c(C(=O)N2CCCC2)c1. The average molecular weight is 329 g/mol. The summed E-state index contributed by atoms with van der Waals surface area (Å²) in [6.45, 7) is 5.95. The van der Waals surface area contributed by atoms with Crippen LogP contribution in [0.15, 0.2) is 12.1 Å². The molecule has 0 bridgehead atoms. The maximum atomic E-state index is 12.3. The lowest BCUT2D eigenvalue weighted by atomic mass is 10.1. The molecule has 1 heterocycles. The number of amides is 1. The molecule has 0 N–H and O–H groups in total. The normalized spacial score (nSPS) is 15.6. The molecule has 1 aromatic rings. The minimum atomic E-state index is 0.203. The van der Waals surface area contributed by atoms with Crippen molar-refractivity contribution in [3.63, 3.8) is 0 Å². The van der Waals surface area contributed by atoms with Gasteiger partial charge in [-0.25, -0.2) is 0 Å². The van der Waals surface area contributed by atoms with Gasteiger partial charge in [0.2, 0.25) is 0 Å². The van der Waals surface area contributed by atoms with Gasteiger partial charge in [0.1, 0.15) is 0 Å². The average Bonchev–Trinajstić information content (AvgIpc) is 2.75. The highest BCUT2D eigenvalue weighted by atomic mass is 127. The first-order valence-corrected chi connectivity index (χ1v) is 6.73. The number of rotatable bonds is 1. The fraction of sp³-hybridized carbons (Fsp3) is 0.462. The maximum Gasteiger partial charge on any atom is 0.254 e. The molecular formula is C13H16INO. The van der Waals surface area contributed by atoms with Crippen LogP contribution in [0.25, 0.3) is 0 Å². The van der Waals surface area contributed by atoms with E-state index in [1.807, 2.05) is 17.9 Å². The predicted molar refractivity (Wildman–Crippen MR) is 73.8 cm³/mol. The van der Waals surface area contributed by atoms with Gasteiger partial charge in [-0.2, -0.15) is 0 Å². The Labute approximate surface area is 110 Å². The number of benzene rings is 1. The van der Waals surface area contributed by atoms with Crippen molar-refractivity contribution >= 4 is 28.5 Å². The molecule has 0 radical (unpaired) electrons. The van der Waals surface area contributed by atoms with Crippen molar-refractivity contribution < 1.29 is 4.79 Å². The predicted octanol–water partition coefficient (Wildman–Crippen LogP) is 3.14. The van der Waals surface area contributed by atoms with Gasteiger partial charge in [-0.15, -0.1) is 0 Å². The van der Waals surface area contributed by atoms with Crippen molar-refractivity contribution in [2.75, 3.05) is 13.1 Å². The van der Waals surface area contributed by atoms with Gasteiger partial charge in [-0.1, -0.05) is 11.6 Å². The molecule has 0 unspecified atom stereocenters. The number of carbonyl (C=O) groups is 1. The summed E-state index contributed by atoms with van der Waals surface area (Å²) in [5.74, 6) is 0.203. The van der Waals surface area contributed by atoms with Crippen LogP contribution in [0.1, 0.15) is 34.3 Å². The largest absolute Gasteiger partial charge is 0.339 e. The van der Waals surface area contributed by atoms with Gasteiger partial charge in [0, 0.05) is 16.7 Å². The quantitative estimate of drug-likeness (QED) is 0.725. The Morgan fingerprint density at radius 1 is 1.25 bits per heavy atom. The van der Waals surface area contributed by atoms with Gasteiger partial charge in [0.15, 0.2) is 0 Å². The molecule has 1 fully saturated rings. The van der Waals surface area contributed by atoms with Crippen molar-refractivity contribution in [2.45, 2.75) is 26.7 Å². The molecule has 0 aromatic heterocycles. The van der Waals surface area contributed by atoms with Crippen LogP contribution >= 0.6 is 22.6 Å². The first-order valence-electron chi connectivity index (χ1n) is 5.65. The summed E-state index contributed by atoms with van der Waals surface area (Å²) in [5, 5.41) is 0. The molecule has 1 aliphatic rings. The molecule has 0 spiro atoms. The van der Waals surface area contributed by atoms with Gasteiger partial charge in [-0.3, -0.25) is 4.79 Å². The van der Waals surface area contributed by atoms with Crippen LogP contribution < -0.4 is 0 Å². The van der Waals surface area contributed by atoms with E-state index in [4.69, 9.17) is 0 Å². The van der Waals surface area contributed by atoms with Gasteiger partial charge in [0.25, 0.3) is 5.91 Å². The molecule has 1 amide bonds. The van der Waals surface area contributed by atoms with Gasteiger partial charge in [-0.05, 0) is 60.9 Å². The van der Waals surface area contributed by atoms with E-state index in [9.17, 15) is 4.79 Å². The molecule has 3 heteroatoms. The molecular weight excluding hydrogens is 313 g/mol. The number of carbonyl (C=O) groups excluding carboxylic acids is 1. The lowest BCUT2D eigenvalue weighted by Gasteiger charge is -2.17. The van der Waals surface area contributed by atoms with E-state index in [1.165, 1.54) is 11.1 Å². The highest BCUT2D eigenvalue weighted by Crippen LogP contribution is 2.22. The van der Waals surface area contributed by atoms with Crippen molar-refractivity contribution in [3.05, 3.63) is 32.4 Å². The molecule has 1 aliphatic heterocycles. The standard InChI is InChI=1S/C13H16INO/c1-9-7-10(2)12(14)11(8-9)13(16)15-5-3-4-6-15/h7-8H,3-6H2,1-2H3. The molecule has 1 aromatic carbocycles. The number of aryl methyl sites for hydroxylation is 2. The first kappa shape index (κ1) is 11.9. The fourth-order valence-electron chi connectivity index (χ4n) is 2.20. The van der Waals surface area contributed by atoms with Gasteiger partial charge < -0.3 is 4.90 Å². The highest BCUT2D eigenvalue weighted by Gasteiger charge is 2.21. The Kier molecular flexibility index (Phi) is 3.52. The van der Waals surface area contributed by atoms with Crippen LogP contribution in [0.5, 0.6) is 0 Å². The minimum absolute atomic E-state index is 0.203. The molecule has 0 atom stereocenters. The zero-order valence-electron chi connectivity index (χ0n) is 9.72. The second-order valence-corrected chi connectivity index (χ2v) is 5.52. The summed E-state index contributed by atoms with van der Waals surface area (Å²) in [5.41, 5.74) is 3.24.